The van der Waals surface area contributed by atoms with E-state index in [-0.39, 0.29) is 0 Å². The van der Waals surface area contributed by atoms with Crippen molar-refractivity contribution in [1.82, 2.24) is 4.98 Å². The van der Waals surface area contributed by atoms with Gasteiger partial charge in [-0.1, -0.05) is 66.2 Å². The van der Waals surface area contributed by atoms with Crippen LogP contribution in [0.3, 0.4) is 0 Å². The first-order valence-electron chi connectivity index (χ1n) is 7.11. The third kappa shape index (κ3) is 1.57. The number of benzene rings is 3. The molecule has 0 fully saturated rings. The maximum absolute atomic E-state index is 6.35. The molecule has 0 unspecified atom stereocenters. The molecule has 1 heterocycles. The second kappa shape index (κ2) is 4.42. The molecule has 4 aromatic rings. The van der Waals surface area contributed by atoms with E-state index in [1.807, 2.05) is 12.1 Å². The maximum Gasteiger partial charge on any atom is 0.124 e. The molecule has 1 aromatic heterocycles. The molecule has 5 rings (SSSR count). The Balaban J connectivity index is 1.82. The highest BCUT2D eigenvalue weighted by atomic mass is 35.5. The zero-order valence-corrected chi connectivity index (χ0v) is 13.1. The molecule has 0 radical (unpaired) electrons. The molecule has 0 aliphatic heterocycles. The Labute approximate surface area is 136 Å². The highest BCUT2D eigenvalue weighted by Crippen LogP contribution is 2.51. The van der Waals surface area contributed by atoms with Crippen LogP contribution in [0.1, 0.15) is 0 Å². The summed E-state index contributed by atoms with van der Waals surface area (Å²) >= 11 is 8.11. The SMILES string of the molecule is Clc1ccc2c3c(cccc13)-c1sc(-c3ccccc3)nc1-2. The van der Waals surface area contributed by atoms with Gasteiger partial charge in [0, 0.05) is 32.5 Å². The summed E-state index contributed by atoms with van der Waals surface area (Å²) in [7, 11) is 0. The third-order valence-corrected chi connectivity index (χ3v) is 5.60. The van der Waals surface area contributed by atoms with Crippen LogP contribution < -0.4 is 0 Å². The summed E-state index contributed by atoms with van der Waals surface area (Å²) in [6, 6.07) is 20.7. The van der Waals surface area contributed by atoms with Crippen molar-refractivity contribution >= 4 is 33.7 Å². The minimum atomic E-state index is 0.805. The monoisotopic (exact) mass is 319 g/mol. The van der Waals surface area contributed by atoms with Gasteiger partial charge in [-0.2, -0.15) is 0 Å². The Kier molecular flexibility index (Phi) is 2.49. The lowest BCUT2D eigenvalue weighted by atomic mass is 10.0. The van der Waals surface area contributed by atoms with Crippen LogP contribution in [0, 0.1) is 0 Å². The maximum atomic E-state index is 6.35. The summed E-state index contributed by atoms with van der Waals surface area (Å²) in [6.45, 7) is 0. The summed E-state index contributed by atoms with van der Waals surface area (Å²) in [5.41, 5.74) is 4.71. The Morgan fingerprint density at radius 3 is 2.55 bits per heavy atom. The fourth-order valence-electron chi connectivity index (χ4n) is 3.15. The summed E-state index contributed by atoms with van der Waals surface area (Å²) in [6.07, 6.45) is 0. The van der Waals surface area contributed by atoms with E-state index in [1.165, 1.54) is 27.0 Å². The Morgan fingerprint density at radius 1 is 0.818 bits per heavy atom. The third-order valence-electron chi connectivity index (χ3n) is 4.14. The van der Waals surface area contributed by atoms with Gasteiger partial charge < -0.3 is 0 Å². The van der Waals surface area contributed by atoms with Crippen molar-refractivity contribution in [1.29, 1.82) is 0 Å². The molecule has 0 spiro atoms. The van der Waals surface area contributed by atoms with Crippen molar-refractivity contribution < 1.29 is 0 Å². The molecule has 0 saturated carbocycles. The second-order valence-corrected chi connectivity index (χ2v) is 6.79. The van der Waals surface area contributed by atoms with E-state index in [2.05, 4.69) is 48.5 Å². The molecule has 0 bridgehead atoms. The van der Waals surface area contributed by atoms with Gasteiger partial charge in [0.1, 0.15) is 5.01 Å². The Morgan fingerprint density at radius 2 is 1.68 bits per heavy atom. The minimum Gasteiger partial charge on any atom is -0.235 e. The number of aromatic nitrogens is 1. The molecule has 0 saturated heterocycles. The van der Waals surface area contributed by atoms with E-state index >= 15 is 0 Å². The van der Waals surface area contributed by atoms with Gasteiger partial charge in [-0.25, -0.2) is 4.98 Å². The van der Waals surface area contributed by atoms with Crippen LogP contribution in [0.25, 0.3) is 43.0 Å². The van der Waals surface area contributed by atoms with Crippen LogP contribution in [0.15, 0.2) is 60.7 Å². The van der Waals surface area contributed by atoms with E-state index in [9.17, 15) is 0 Å². The van der Waals surface area contributed by atoms with Gasteiger partial charge in [-0.05, 0) is 6.07 Å². The molecule has 0 atom stereocenters. The highest BCUT2D eigenvalue weighted by Gasteiger charge is 2.26. The van der Waals surface area contributed by atoms with Crippen molar-refractivity contribution in [3.8, 4) is 32.3 Å². The number of nitrogens with zero attached hydrogens (tertiary/aromatic N) is 1. The predicted molar refractivity (Wildman–Crippen MR) is 94.5 cm³/mol. The number of hydrogen-bond acceptors (Lipinski definition) is 2. The van der Waals surface area contributed by atoms with Gasteiger partial charge in [0.15, 0.2) is 0 Å². The molecule has 1 aliphatic carbocycles. The average Bonchev–Trinajstić information content (AvgIpc) is 3.11. The normalized spacial score (nSPS) is 11.9. The van der Waals surface area contributed by atoms with Crippen molar-refractivity contribution in [2.75, 3.05) is 0 Å². The number of rotatable bonds is 1. The molecule has 104 valence electrons. The number of fused-ring (bicyclic) bond motifs is 3. The fraction of sp³-hybridized carbons (Fsp3) is 0. The van der Waals surface area contributed by atoms with Gasteiger partial charge in [0.05, 0.1) is 10.6 Å². The van der Waals surface area contributed by atoms with Gasteiger partial charge in [0.2, 0.25) is 0 Å². The Bertz CT molecular complexity index is 1010. The van der Waals surface area contributed by atoms with Crippen molar-refractivity contribution in [2.24, 2.45) is 0 Å². The average molecular weight is 320 g/mol. The lowest BCUT2D eigenvalue weighted by Crippen LogP contribution is -1.80. The molecule has 22 heavy (non-hydrogen) atoms. The smallest absolute Gasteiger partial charge is 0.124 e. The molecule has 1 aliphatic rings. The molecule has 0 N–H and O–H groups in total. The van der Waals surface area contributed by atoms with Crippen LogP contribution in [-0.2, 0) is 0 Å². The van der Waals surface area contributed by atoms with Gasteiger partial charge in [0.25, 0.3) is 0 Å². The lowest BCUT2D eigenvalue weighted by molar-refractivity contribution is 1.42. The second-order valence-electron chi connectivity index (χ2n) is 5.39. The predicted octanol–water partition coefficient (Wildman–Crippen LogP) is 6.26. The van der Waals surface area contributed by atoms with Gasteiger partial charge in [-0.15, -0.1) is 11.3 Å². The fourth-order valence-corrected chi connectivity index (χ4v) is 4.48. The zero-order chi connectivity index (χ0) is 14.7. The van der Waals surface area contributed by atoms with Crippen LogP contribution in [0.5, 0.6) is 0 Å². The largest absolute Gasteiger partial charge is 0.235 e. The number of hydrogen-bond donors (Lipinski definition) is 0. The van der Waals surface area contributed by atoms with Crippen molar-refractivity contribution in [2.45, 2.75) is 0 Å². The summed E-state index contributed by atoms with van der Waals surface area (Å²) in [5, 5.41) is 4.23. The molecular formula is C19H10ClNS. The van der Waals surface area contributed by atoms with Crippen LogP contribution in [-0.4, -0.2) is 4.98 Å². The summed E-state index contributed by atoms with van der Waals surface area (Å²) in [5.74, 6) is 0. The molecular weight excluding hydrogens is 310 g/mol. The highest BCUT2D eigenvalue weighted by molar-refractivity contribution is 7.19. The quantitative estimate of drug-likeness (QED) is 0.355. The molecule has 1 nitrogen and oxygen atoms in total. The lowest BCUT2D eigenvalue weighted by Gasteiger charge is -2.04. The first-order valence-corrected chi connectivity index (χ1v) is 8.30. The molecule has 3 aromatic carbocycles. The topological polar surface area (TPSA) is 12.9 Å². The van der Waals surface area contributed by atoms with Crippen LogP contribution in [0.4, 0.5) is 0 Å². The van der Waals surface area contributed by atoms with Crippen LogP contribution in [0.2, 0.25) is 5.02 Å². The molecule has 0 amide bonds. The first-order chi connectivity index (χ1) is 10.8. The van der Waals surface area contributed by atoms with Gasteiger partial charge >= 0.3 is 0 Å². The van der Waals surface area contributed by atoms with E-state index in [1.54, 1.807) is 11.3 Å². The standard InChI is InChI=1S/C19H10ClNS/c20-15-10-9-13-16-12(15)7-4-8-14(16)18-17(13)21-19(22-18)11-5-2-1-3-6-11/h1-10H. The van der Waals surface area contributed by atoms with E-state index in [4.69, 9.17) is 16.6 Å². The van der Waals surface area contributed by atoms with Crippen LogP contribution >= 0.6 is 22.9 Å². The van der Waals surface area contributed by atoms with Crippen molar-refractivity contribution in [3.05, 3.63) is 65.7 Å². The Hall–Kier alpha value is -2.16. The summed E-state index contributed by atoms with van der Waals surface area (Å²) in [4.78, 5) is 6.16. The van der Waals surface area contributed by atoms with Gasteiger partial charge in [-0.3, -0.25) is 0 Å². The minimum absolute atomic E-state index is 0.805. The van der Waals surface area contributed by atoms with Crippen molar-refractivity contribution in [3.63, 3.8) is 0 Å². The first kappa shape index (κ1) is 12.4. The number of thiazole rings is 1. The van der Waals surface area contributed by atoms with E-state index in [0.29, 0.717) is 0 Å². The van der Waals surface area contributed by atoms with E-state index < -0.39 is 0 Å². The molecule has 3 heteroatoms. The number of halogens is 1. The zero-order valence-electron chi connectivity index (χ0n) is 11.5. The van der Waals surface area contributed by atoms with E-state index in [0.717, 1.165) is 21.1 Å². The summed E-state index contributed by atoms with van der Waals surface area (Å²) < 4.78 is 0.